The minimum atomic E-state index is 0.270. The number of imidazole rings is 1. The summed E-state index contributed by atoms with van der Waals surface area (Å²) in [7, 11) is 0. The van der Waals surface area contributed by atoms with Crippen LogP contribution >= 0.6 is 0 Å². The fourth-order valence-electron chi connectivity index (χ4n) is 4.40. The maximum atomic E-state index is 5.69. The molecular formula is C27H25N2O2+. The molecule has 4 aromatic rings. The van der Waals surface area contributed by atoms with Gasteiger partial charge in [0.25, 0.3) is 5.82 Å². The molecule has 4 nitrogen and oxygen atoms in total. The number of benzene rings is 3. The Morgan fingerprint density at radius 2 is 1.19 bits per heavy atom. The second kappa shape index (κ2) is 7.80. The van der Waals surface area contributed by atoms with Crippen molar-refractivity contribution in [3.63, 3.8) is 0 Å². The van der Waals surface area contributed by atoms with Crippen LogP contribution in [0.1, 0.15) is 0 Å². The third-order valence-corrected chi connectivity index (χ3v) is 5.98. The van der Waals surface area contributed by atoms with E-state index in [2.05, 4.69) is 100 Å². The summed E-state index contributed by atoms with van der Waals surface area (Å²) in [5, 5.41) is 0. The van der Waals surface area contributed by atoms with Gasteiger partial charge in [-0.25, -0.2) is 9.13 Å². The van der Waals surface area contributed by atoms with E-state index in [0.717, 1.165) is 26.3 Å². The molecule has 154 valence electrons. The van der Waals surface area contributed by atoms with Gasteiger partial charge in [0, 0.05) is 11.1 Å². The molecular weight excluding hydrogens is 384 g/mol. The summed E-state index contributed by atoms with van der Waals surface area (Å²) in [6, 6.07) is 32.2. The first-order valence-corrected chi connectivity index (χ1v) is 10.9. The maximum absolute atomic E-state index is 5.69. The Morgan fingerprint density at radius 1 is 0.677 bits per heavy atom. The van der Waals surface area contributed by atoms with Gasteiger partial charge in [0.1, 0.15) is 25.3 Å². The molecule has 2 unspecified atom stereocenters. The smallest absolute Gasteiger partial charge is 0.290 e. The normalized spacial score (nSPS) is 19.4. The molecule has 2 aliphatic heterocycles. The first-order chi connectivity index (χ1) is 15.4. The molecule has 0 N–H and O–H groups in total. The lowest BCUT2D eigenvalue weighted by molar-refractivity contribution is -0.676. The number of nitrogens with zero attached hydrogens (tertiary/aromatic N) is 2. The van der Waals surface area contributed by atoms with Gasteiger partial charge < -0.3 is 9.47 Å². The van der Waals surface area contributed by atoms with E-state index in [0.29, 0.717) is 0 Å². The zero-order valence-corrected chi connectivity index (χ0v) is 17.4. The van der Waals surface area contributed by atoms with E-state index < -0.39 is 0 Å². The van der Waals surface area contributed by atoms with Gasteiger partial charge in [-0.05, 0) is 12.1 Å². The first-order valence-electron chi connectivity index (χ1n) is 10.9. The van der Waals surface area contributed by atoms with Crippen molar-refractivity contribution in [2.45, 2.75) is 25.3 Å². The lowest BCUT2D eigenvalue weighted by atomic mass is 10.0. The van der Waals surface area contributed by atoms with Crippen LogP contribution in [0, 0.1) is 0 Å². The minimum Gasteiger partial charge on any atom is -0.369 e. The topological polar surface area (TPSA) is 33.9 Å². The van der Waals surface area contributed by atoms with Crippen LogP contribution in [0.4, 0.5) is 0 Å². The Kier molecular flexibility index (Phi) is 4.67. The van der Waals surface area contributed by atoms with Gasteiger partial charge >= 0.3 is 0 Å². The molecule has 3 aromatic carbocycles. The molecule has 6 rings (SSSR count). The second-order valence-corrected chi connectivity index (χ2v) is 8.25. The molecule has 2 atom stereocenters. The largest absolute Gasteiger partial charge is 0.369 e. The highest BCUT2D eigenvalue weighted by molar-refractivity contribution is 5.79. The highest BCUT2D eigenvalue weighted by Gasteiger charge is 2.39. The summed E-state index contributed by atoms with van der Waals surface area (Å²) in [4.78, 5) is 0. The molecule has 0 bridgehead atoms. The molecule has 3 heterocycles. The van der Waals surface area contributed by atoms with Crippen LogP contribution in [-0.2, 0) is 22.6 Å². The molecule has 0 amide bonds. The summed E-state index contributed by atoms with van der Waals surface area (Å²) in [5.41, 5.74) is 6.12. The third-order valence-electron chi connectivity index (χ3n) is 5.98. The van der Waals surface area contributed by atoms with Gasteiger partial charge in [-0.2, -0.15) is 0 Å². The van der Waals surface area contributed by atoms with E-state index in [1.165, 1.54) is 33.9 Å². The average Bonchev–Trinajstić information content (AvgIpc) is 3.75. The van der Waals surface area contributed by atoms with Crippen molar-refractivity contribution >= 4 is 0 Å². The molecule has 0 aliphatic carbocycles. The molecule has 4 heteroatoms. The Morgan fingerprint density at radius 3 is 1.74 bits per heavy atom. The Bertz CT molecular complexity index is 1100. The molecule has 2 fully saturated rings. The Balaban J connectivity index is 1.69. The zero-order chi connectivity index (χ0) is 20.6. The number of aromatic nitrogens is 2. The van der Waals surface area contributed by atoms with Crippen LogP contribution in [0.2, 0.25) is 0 Å². The number of epoxide rings is 2. The second-order valence-electron chi connectivity index (χ2n) is 8.25. The van der Waals surface area contributed by atoms with E-state index in [1.54, 1.807) is 0 Å². The molecule has 1 aromatic heterocycles. The summed E-state index contributed by atoms with van der Waals surface area (Å²) >= 11 is 0. The van der Waals surface area contributed by atoms with Crippen molar-refractivity contribution in [2.75, 3.05) is 13.2 Å². The van der Waals surface area contributed by atoms with Gasteiger partial charge in [-0.1, -0.05) is 78.9 Å². The highest BCUT2D eigenvalue weighted by atomic mass is 16.6. The van der Waals surface area contributed by atoms with Crippen molar-refractivity contribution in [1.29, 1.82) is 0 Å². The monoisotopic (exact) mass is 409 g/mol. The van der Waals surface area contributed by atoms with Crippen molar-refractivity contribution in [1.82, 2.24) is 4.57 Å². The van der Waals surface area contributed by atoms with Gasteiger partial charge in [0.2, 0.25) is 0 Å². The molecule has 0 radical (unpaired) electrons. The predicted molar refractivity (Wildman–Crippen MR) is 120 cm³/mol. The van der Waals surface area contributed by atoms with Crippen LogP contribution in [0.3, 0.4) is 0 Å². The number of ether oxygens (including phenoxy) is 2. The molecule has 31 heavy (non-hydrogen) atoms. The fourth-order valence-corrected chi connectivity index (χ4v) is 4.40. The molecule has 0 saturated carbocycles. The van der Waals surface area contributed by atoms with Crippen LogP contribution < -0.4 is 4.57 Å². The van der Waals surface area contributed by atoms with E-state index in [4.69, 9.17) is 9.47 Å². The van der Waals surface area contributed by atoms with Crippen molar-refractivity contribution < 1.29 is 14.0 Å². The van der Waals surface area contributed by atoms with E-state index in [9.17, 15) is 0 Å². The fraction of sp³-hybridized carbons (Fsp3) is 0.222. The Labute approximate surface area is 182 Å². The van der Waals surface area contributed by atoms with Crippen molar-refractivity contribution in [3.05, 3.63) is 91.0 Å². The molecule has 2 saturated heterocycles. The zero-order valence-electron chi connectivity index (χ0n) is 17.4. The predicted octanol–water partition coefficient (Wildman–Crippen LogP) is 4.57. The SMILES string of the molecule is c1ccc(-c2c(-c3ccccc3)[n+](CC3CO3)c(-c3ccccc3)n2CC2CO2)cc1. The molecule has 0 spiro atoms. The van der Waals surface area contributed by atoms with Crippen molar-refractivity contribution in [2.24, 2.45) is 0 Å². The molecule has 2 aliphatic rings. The summed E-state index contributed by atoms with van der Waals surface area (Å²) in [6.45, 7) is 3.33. The van der Waals surface area contributed by atoms with E-state index >= 15 is 0 Å². The maximum Gasteiger partial charge on any atom is 0.290 e. The quantitative estimate of drug-likeness (QED) is 0.331. The summed E-state index contributed by atoms with van der Waals surface area (Å²) < 4.78 is 16.3. The standard InChI is InChI=1S/C27H25N2O2/c1-4-10-20(11-5-1)25-26(21-12-6-2-7-13-21)29(17-24-19-31-24)27(22-14-8-3-9-15-22)28(25)16-23-18-30-23/h1-15,23-24H,16-19H2/q+1. The van der Waals surface area contributed by atoms with Gasteiger partial charge in [-0.3, -0.25) is 0 Å². The highest BCUT2D eigenvalue weighted by Crippen LogP contribution is 2.36. The number of hydrogen-bond acceptors (Lipinski definition) is 2. The average molecular weight is 410 g/mol. The van der Waals surface area contributed by atoms with Crippen molar-refractivity contribution in [3.8, 4) is 33.9 Å². The minimum absolute atomic E-state index is 0.270. The third kappa shape index (κ3) is 3.69. The summed E-state index contributed by atoms with van der Waals surface area (Å²) in [5.74, 6) is 1.21. The van der Waals surface area contributed by atoms with Gasteiger partial charge in [0.05, 0.1) is 18.8 Å². The number of hydrogen-bond donors (Lipinski definition) is 0. The van der Waals surface area contributed by atoms with Gasteiger partial charge in [0.15, 0.2) is 11.4 Å². The van der Waals surface area contributed by atoms with Crippen LogP contribution in [0.25, 0.3) is 33.9 Å². The lowest BCUT2D eigenvalue weighted by Gasteiger charge is -2.05. The van der Waals surface area contributed by atoms with E-state index in [1.807, 2.05) is 0 Å². The first kappa shape index (κ1) is 18.6. The van der Waals surface area contributed by atoms with Crippen LogP contribution in [-0.4, -0.2) is 30.0 Å². The summed E-state index contributed by atoms with van der Waals surface area (Å²) in [6.07, 6.45) is 0.540. The number of rotatable bonds is 7. The Hall–Kier alpha value is -3.21. The van der Waals surface area contributed by atoms with Crippen LogP contribution in [0.5, 0.6) is 0 Å². The van der Waals surface area contributed by atoms with Crippen LogP contribution in [0.15, 0.2) is 91.0 Å². The van der Waals surface area contributed by atoms with Gasteiger partial charge in [-0.15, -0.1) is 0 Å². The van der Waals surface area contributed by atoms with E-state index in [-0.39, 0.29) is 12.2 Å². The lowest BCUT2D eigenvalue weighted by Crippen LogP contribution is -2.40.